The summed E-state index contributed by atoms with van der Waals surface area (Å²) in [6.45, 7) is 8.81. The van der Waals surface area contributed by atoms with E-state index in [4.69, 9.17) is 4.98 Å². The third kappa shape index (κ3) is 1.92. The number of nitrogens with one attached hydrogen (secondary N) is 1. The van der Waals surface area contributed by atoms with Crippen molar-refractivity contribution in [2.24, 2.45) is 0 Å². The lowest BCUT2D eigenvalue weighted by atomic mass is 9.95. The highest BCUT2D eigenvalue weighted by Gasteiger charge is 2.11. The van der Waals surface area contributed by atoms with Crippen LogP contribution in [0, 0.1) is 0 Å². The Kier molecular flexibility index (Phi) is 2.81. The highest BCUT2D eigenvalue weighted by molar-refractivity contribution is 6.05. The number of aromatic amines is 1. The van der Waals surface area contributed by atoms with Gasteiger partial charge < -0.3 is 4.98 Å². The summed E-state index contributed by atoms with van der Waals surface area (Å²) in [4.78, 5) is 8.21. The van der Waals surface area contributed by atoms with Crippen molar-refractivity contribution >= 4 is 21.8 Å². The van der Waals surface area contributed by atoms with Gasteiger partial charge in [0.05, 0.1) is 11.0 Å². The summed E-state index contributed by atoms with van der Waals surface area (Å²) in [5.74, 6) is 2.03. The van der Waals surface area contributed by atoms with Gasteiger partial charge in [-0.15, -0.1) is 0 Å². The zero-order valence-corrected chi connectivity index (χ0v) is 12.0. The maximum absolute atomic E-state index is 4.79. The number of benzene rings is 2. The normalized spacial score (nSPS) is 12.1. The number of H-pyrrole nitrogens is 1. The van der Waals surface area contributed by atoms with E-state index in [-0.39, 0.29) is 0 Å². The number of fused-ring (bicyclic) bond motifs is 3. The van der Waals surface area contributed by atoms with Crippen LogP contribution in [0.4, 0.5) is 0 Å². The number of aromatic nitrogens is 2. The standard InChI is InChI=1S/C17H20N2/c1-10(2)12-6-5-7-14-13(12)8-9-15-16(14)19-17(18-15)11(3)4/h5-11H,1-4H3,(H,18,19). The van der Waals surface area contributed by atoms with Gasteiger partial charge in [0.2, 0.25) is 0 Å². The zero-order chi connectivity index (χ0) is 13.6. The monoisotopic (exact) mass is 252 g/mol. The summed E-state index contributed by atoms with van der Waals surface area (Å²) in [5, 5.41) is 2.58. The van der Waals surface area contributed by atoms with Crippen LogP contribution < -0.4 is 0 Å². The zero-order valence-electron chi connectivity index (χ0n) is 12.0. The van der Waals surface area contributed by atoms with Crippen LogP contribution in [0.2, 0.25) is 0 Å². The minimum atomic E-state index is 0.427. The van der Waals surface area contributed by atoms with E-state index in [0.29, 0.717) is 11.8 Å². The van der Waals surface area contributed by atoms with Crippen molar-refractivity contribution in [3.63, 3.8) is 0 Å². The lowest BCUT2D eigenvalue weighted by Crippen LogP contribution is -1.89. The fourth-order valence-electron chi connectivity index (χ4n) is 2.65. The average molecular weight is 252 g/mol. The predicted molar refractivity (Wildman–Crippen MR) is 81.8 cm³/mol. The van der Waals surface area contributed by atoms with Crippen LogP contribution in [0.1, 0.15) is 50.9 Å². The van der Waals surface area contributed by atoms with E-state index in [9.17, 15) is 0 Å². The third-order valence-corrected chi connectivity index (χ3v) is 3.73. The van der Waals surface area contributed by atoms with Crippen LogP contribution in [-0.4, -0.2) is 9.97 Å². The molecule has 0 saturated heterocycles. The van der Waals surface area contributed by atoms with Crippen LogP contribution in [0.3, 0.4) is 0 Å². The summed E-state index contributed by atoms with van der Waals surface area (Å²) in [5.41, 5.74) is 3.63. The molecule has 0 fully saturated rings. The Hall–Kier alpha value is -1.83. The first-order valence-electron chi connectivity index (χ1n) is 6.99. The Balaban J connectivity index is 2.37. The maximum atomic E-state index is 4.79. The predicted octanol–water partition coefficient (Wildman–Crippen LogP) is 4.96. The lowest BCUT2D eigenvalue weighted by molar-refractivity contribution is 0.799. The highest BCUT2D eigenvalue weighted by Crippen LogP contribution is 2.30. The largest absolute Gasteiger partial charge is 0.342 e. The van der Waals surface area contributed by atoms with Crippen molar-refractivity contribution in [1.29, 1.82) is 0 Å². The number of nitrogens with zero attached hydrogens (tertiary/aromatic N) is 1. The quantitative estimate of drug-likeness (QED) is 0.686. The van der Waals surface area contributed by atoms with E-state index in [2.05, 4.69) is 63.0 Å². The second kappa shape index (κ2) is 4.37. The number of hydrogen-bond acceptors (Lipinski definition) is 1. The summed E-state index contributed by atoms with van der Waals surface area (Å²) in [6.07, 6.45) is 0. The van der Waals surface area contributed by atoms with Gasteiger partial charge in [-0.05, 0) is 22.9 Å². The first-order chi connectivity index (χ1) is 9.08. The summed E-state index contributed by atoms with van der Waals surface area (Å²) in [7, 11) is 0. The molecule has 2 aromatic carbocycles. The summed E-state index contributed by atoms with van der Waals surface area (Å²) in [6, 6.07) is 10.9. The molecule has 0 radical (unpaired) electrons. The summed E-state index contributed by atoms with van der Waals surface area (Å²) >= 11 is 0. The molecular formula is C17H20N2. The molecule has 2 heteroatoms. The molecule has 19 heavy (non-hydrogen) atoms. The molecule has 1 aromatic heterocycles. The molecule has 3 rings (SSSR count). The molecule has 1 N–H and O–H groups in total. The molecule has 0 saturated carbocycles. The number of imidazole rings is 1. The Morgan fingerprint density at radius 1 is 0.895 bits per heavy atom. The number of rotatable bonds is 2. The van der Waals surface area contributed by atoms with E-state index in [1.807, 2.05) is 0 Å². The van der Waals surface area contributed by atoms with Crippen molar-refractivity contribution in [2.75, 3.05) is 0 Å². The second-order valence-corrected chi connectivity index (χ2v) is 5.84. The van der Waals surface area contributed by atoms with Gasteiger partial charge in [0.15, 0.2) is 0 Å². The van der Waals surface area contributed by atoms with Gasteiger partial charge in [-0.2, -0.15) is 0 Å². The molecular weight excluding hydrogens is 232 g/mol. The van der Waals surface area contributed by atoms with Crippen molar-refractivity contribution in [3.05, 3.63) is 41.7 Å². The molecule has 0 aliphatic rings. The Morgan fingerprint density at radius 3 is 2.37 bits per heavy atom. The molecule has 0 spiro atoms. The first kappa shape index (κ1) is 12.2. The van der Waals surface area contributed by atoms with Crippen LogP contribution in [0.5, 0.6) is 0 Å². The van der Waals surface area contributed by atoms with E-state index >= 15 is 0 Å². The molecule has 0 unspecified atom stereocenters. The van der Waals surface area contributed by atoms with Crippen LogP contribution >= 0.6 is 0 Å². The molecule has 0 aliphatic heterocycles. The molecule has 0 bridgehead atoms. The van der Waals surface area contributed by atoms with Gasteiger partial charge in [0, 0.05) is 11.3 Å². The van der Waals surface area contributed by atoms with Crippen molar-refractivity contribution in [1.82, 2.24) is 9.97 Å². The SMILES string of the molecule is CC(C)c1nc2c(ccc3c(C(C)C)cccc32)[nH]1. The van der Waals surface area contributed by atoms with Gasteiger partial charge in [-0.3, -0.25) is 0 Å². The lowest BCUT2D eigenvalue weighted by Gasteiger charge is -2.09. The van der Waals surface area contributed by atoms with Crippen molar-refractivity contribution in [2.45, 2.75) is 39.5 Å². The summed E-state index contributed by atoms with van der Waals surface area (Å²) < 4.78 is 0. The van der Waals surface area contributed by atoms with E-state index in [0.717, 1.165) is 16.9 Å². The van der Waals surface area contributed by atoms with Gasteiger partial charge in [0.1, 0.15) is 5.82 Å². The van der Waals surface area contributed by atoms with E-state index in [1.165, 1.54) is 16.3 Å². The molecule has 2 nitrogen and oxygen atoms in total. The molecule has 98 valence electrons. The van der Waals surface area contributed by atoms with E-state index in [1.54, 1.807) is 0 Å². The van der Waals surface area contributed by atoms with Gasteiger partial charge >= 0.3 is 0 Å². The Bertz CT molecular complexity index is 735. The third-order valence-electron chi connectivity index (χ3n) is 3.73. The Morgan fingerprint density at radius 2 is 1.68 bits per heavy atom. The average Bonchev–Trinajstić information content (AvgIpc) is 2.82. The fraction of sp³-hybridized carbons (Fsp3) is 0.353. The first-order valence-corrected chi connectivity index (χ1v) is 6.99. The second-order valence-electron chi connectivity index (χ2n) is 5.84. The fourth-order valence-corrected chi connectivity index (χ4v) is 2.65. The topological polar surface area (TPSA) is 28.7 Å². The van der Waals surface area contributed by atoms with Crippen LogP contribution in [0.15, 0.2) is 30.3 Å². The Labute approximate surface area is 113 Å². The van der Waals surface area contributed by atoms with Crippen LogP contribution in [-0.2, 0) is 0 Å². The van der Waals surface area contributed by atoms with Crippen LogP contribution in [0.25, 0.3) is 21.8 Å². The van der Waals surface area contributed by atoms with Crippen molar-refractivity contribution < 1.29 is 0 Å². The van der Waals surface area contributed by atoms with Crippen molar-refractivity contribution in [3.8, 4) is 0 Å². The molecule has 0 atom stereocenters. The van der Waals surface area contributed by atoms with Gasteiger partial charge in [0.25, 0.3) is 0 Å². The van der Waals surface area contributed by atoms with Gasteiger partial charge in [-0.25, -0.2) is 4.98 Å². The minimum absolute atomic E-state index is 0.427. The maximum Gasteiger partial charge on any atom is 0.109 e. The molecule has 0 amide bonds. The smallest absolute Gasteiger partial charge is 0.109 e. The molecule has 3 aromatic rings. The molecule has 0 aliphatic carbocycles. The van der Waals surface area contributed by atoms with Gasteiger partial charge in [-0.1, -0.05) is 52.0 Å². The van der Waals surface area contributed by atoms with E-state index < -0.39 is 0 Å². The number of hydrogen-bond donors (Lipinski definition) is 1. The minimum Gasteiger partial charge on any atom is -0.342 e. The molecule has 1 heterocycles. The highest BCUT2D eigenvalue weighted by atomic mass is 14.9.